The highest BCUT2D eigenvalue weighted by atomic mass is 35.5. The Kier molecular flexibility index (Phi) is 6.65. The van der Waals surface area contributed by atoms with Crippen LogP contribution in [-0.4, -0.2) is 32.4 Å². The lowest BCUT2D eigenvalue weighted by atomic mass is 10.2. The predicted molar refractivity (Wildman–Crippen MR) is 97.8 cm³/mol. The minimum atomic E-state index is -0.785. The van der Waals surface area contributed by atoms with Gasteiger partial charge in [0.25, 0.3) is 5.91 Å². The third kappa shape index (κ3) is 5.39. The van der Waals surface area contributed by atoms with Gasteiger partial charge in [0.15, 0.2) is 0 Å². The van der Waals surface area contributed by atoms with Crippen molar-refractivity contribution in [2.45, 2.75) is 13.0 Å². The summed E-state index contributed by atoms with van der Waals surface area (Å²) in [7, 11) is 3.13. The number of carbonyl (C=O) groups excluding carboxylic acids is 1. The average molecular weight is 363 g/mol. The van der Waals surface area contributed by atoms with Crippen LogP contribution in [0.4, 0.5) is 5.69 Å². The molecule has 0 aromatic heterocycles. The summed E-state index contributed by atoms with van der Waals surface area (Å²) >= 11 is 5.88. The number of amides is 1. The van der Waals surface area contributed by atoms with E-state index in [4.69, 9.17) is 25.9 Å². The number of rotatable bonds is 7. The molecule has 2 aromatic rings. The van der Waals surface area contributed by atoms with Crippen molar-refractivity contribution >= 4 is 29.4 Å². The van der Waals surface area contributed by atoms with Gasteiger partial charge in [0.05, 0.1) is 20.4 Å². The van der Waals surface area contributed by atoms with Crippen molar-refractivity contribution in [3.05, 3.63) is 53.1 Å². The standard InChI is InChI=1S/C18H19ClN2O4/c1-12(18(22)21-15-6-4-5-14(19)10-15)25-20-11-13-9-16(23-2)7-8-17(13)24-3/h4-12H,1-3H3,(H,21,22)/b20-11-/t12-/m0/s1. The Hall–Kier alpha value is -2.73. The van der Waals surface area contributed by atoms with Crippen LogP contribution in [0.15, 0.2) is 47.6 Å². The summed E-state index contributed by atoms with van der Waals surface area (Å²) in [6.45, 7) is 1.60. The summed E-state index contributed by atoms with van der Waals surface area (Å²) in [5.41, 5.74) is 1.26. The third-order valence-corrected chi connectivity index (χ3v) is 3.54. The Bertz CT molecular complexity index is 764. The number of ether oxygens (including phenoxy) is 2. The Balaban J connectivity index is 1.98. The number of carbonyl (C=O) groups is 1. The van der Waals surface area contributed by atoms with Crippen molar-refractivity contribution in [2.75, 3.05) is 19.5 Å². The minimum absolute atomic E-state index is 0.336. The highest BCUT2D eigenvalue weighted by Gasteiger charge is 2.14. The van der Waals surface area contributed by atoms with Crippen molar-refractivity contribution < 1.29 is 19.1 Å². The Morgan fingerprint density at radius 3 is 2.68 bits per heavy atom. The lowest BCUT2D eigenvalue weighted by molar-refractivity contribution is -0.126. The van der Waals surface area contributed by atoms with Crippen molar-refractivity contribution in [1.29, 1.82) is 0 Å². The second-order valence-corrected chi connectivity index (χ2v) is 5.53. The van der Waals surface area contributed by atoms with Gasteiger partial charge in [0.1, 0.15) is 11.5 Å². The van der Waals surface area contributed by atoms with E-state index in [9.17, 15) is 4.79 Å². The number of halogens is 1. The van der Waals surface area contributed by atoms with Gasteiger partial charge in [0.2, 0.25) is 6.10 Å². The second kappa shape index (κ2) is 8.94. The van der Waals surface area contributed by atoms with Crippen LogP contribution in [0, 0.1) is 0 Å². The average Bonchev–Trinajstić information content (AvgIpc) is 2.61. The molecule has 0 unspecified atom stereocenters. The molecule has 7 heteroatoms. The fourth-order valence-electron chi connectivity index (χ4n) is 1.98. The van der Waals surface area contributed by atoms with Gasteiger partial charge in [-0.1, -0.05) is 22.8 Å². The molecule has 0 radical (unpaired) electrons. The van der Waals surface area contributed by atoms with Crippen LogP contribution in [-0.2, 0) is 9.63 Å². The molecule has 1 amide bonds. The summed E-state index contributed by atoms with van der Waals surface area (Å²) in [4.78, 5) is 17.3. The highest BCUT2D eigenvalue weighted by molar-refractivity contribution is 6.30. The van der Waals surface area contributed by atoms with E-state index < -0.39 is 6.10 Å². The first-order chi connectivity index (χ1) is 12.0. The first-order valence-electron chi connectivity index (χ1n) is 7.51. The topological polar surface area (TPSA) is 69.1 Å². The van der Waals surface area contributed by atoms with Crippen molar-refractivity contribution in [3.8, 4) is 11.5 Å². The number of anilines is 1. The van der Waals surface area contributed by atoms with Crippen LogP contribution >= 0.6 is 11.6 Å². The molecule has 132 valence electrons. The van der Waals surface area contributed by atoms with Gasteiger partial charge in [-0.2, -0.15) is 0 Å². The molecule has 0 heterocycles. The van der Waals surface area contributed by atoms with E-state index in [2.05, 4.69) is 10.5 Å². The van der Waals surface area contributed by atoms with Crippen LogP contribution < -0.4 is 14.8 Å². The van der Waals surface area contributed by atoms with E-state index in [1.54, 1.807) is 63.6 Å². The van der Waals surface area contributed by atoms with Gasteiger partial charge >= 0.3 is 0 Å². The minimum Gasteiger partial charge on any atom is -0.497 e. The zero-order valence-corrected chi connectivity index (χ0v) is 14.9. The molecule has 0 saturated heterocycles. The van der Waals surface area contributed by atoms with Gasteiger partial charge < -0.3 is 19.6 Å². The lowest BCUT2D eigenvalue weighted by Gasteiger charge is -2.11. The first kappa shape index (κ1) is 18.6. The molecule has 0 saturated carbocycles. The van der Waals surface area contributed by atoms with Gasteiger partial charge in [-0.3, -0.25) is 4.79 Å². The Labute approximate surface area is 151 Å². The molecule has 0 fully saturated rings. The second-order valence-electron chi connectivity index (χ2n) is 5.09. The quantitative estimate of drug-likeness (QED) is 0.601. The number of hydrogen-bond donors (Lipinski definition) is 1. The number of benzene rings is 2. The van der Waals surface area contributed by atoms with Crippen LogP contribution in [0.5, 0.6) is 11.5 Å². The smallest absolute Gasteiger partial charge is 0.267 e. The molecule has 1 N–H and O–H groups in total. The summed E-state index contributed by atoms with van der Waals surface area (Å²) < 4.78 is 10.4. The summed E-state index contributed by atoms with van der Waals surface area (Å²) in [6, 6.07) is 12.1. The number of nitrogens with one attached hydrogen (secondary N) is 1. The van der Waals surface area contributed by atoms with Crippen LogP contribution in [0.1, 0.15) is 12.5 Å². The number of hydrogen-bond acceptors (Lipinski definition) is 5. The molecular formula is C18H19ClN2O4. The summed E-state index contributed by atoms with van der Waals surface area (Å²) in [5, 5.41) is 7.10. The Morgan fingerprint density at radius 1 is 1.20 bits per heavy atom. The highest BCUT2D eigenvalue weighted by Crippen LogP contribution is 2.22. The number of oxime groups is 1. The molecule has 0 bridgehead atoms. The van der Waals surface area contributed by atoms with Gasteiger partial charge in [-0.15, -0.1) is 0 Å². The lowest BCUT2D eigenvalue weighted by Crippen LogP contribution is -2.26. The maximum absolute atomic E-state index is 12.1. The van der Waals surface area contributed by atoms with Crippen LogP contribution in [0.2, 0.25) is 5.02 Å². The molecule has 2 rings (SSSR count). The molecule has 2 aromatic carbocycles. The van der Waals surface area contributed by atoms with E-state index in [0.29, 0.717) is 27.8 Å². The molecule has 0 aliphatic heterocycles. The number of methoxy groups -OCH3 is 2. The van der Waals surface area contributed by atoms with Crippen molar-refractivity contribution in [3.63, 3.8) is 0 Å². The summed E-state index contributed by atoms with van der Waals surface area (Å²) in [6.07, 6.45) is 0.677. The SMILES string of the molecule is COc1ccc(OC)c(/C=N\O[C@@H](C)C(=O)Nc2cccc(Cl)c2)c1. The van der Waals surface area contributed by atoms with Crippen molar-refractivity contribution in [1.82, 2.24) is 0 Å². The van der Waals surface area contributed by atoms with E-state index in [1.165, 1.54) is 6.21 Å². The van der Waals surface area contributed by atoms with Gasteiger partial charge in [0, 0.05) is 16.3 Å². The van der Waals surface area contributed by atoms with Gasteiger partial charge in [-0.05, 0) is 43.3 Å². The van der Waals surface area contributed by atoms with E-state index >= 15 is 0 Å². The van der Waals surface area contributed by atoms with Crippen LogP contribution in [0.3, 0.4) is 0 Å². The molecule has 0 aliphatic rings. The first-order valence-corrected chi connectivity index (χ1v) is 7.89. The monoisotopic (exact) mass is 362 g/mol. The van der Waals surface area contributed by atoms with Crippen molar-refractivity contribution in [2.24, 2.45) is 5.16 Å². The largest absolute Gasteiger partial charge is 0.497 e. The third-order valence-electron chi connectivity index (χ3n) is 3.31. The zero-order valence-electron chi connectivity index (χ0n) is 14.2. The molecular weight excluding hydrogens is 344 g/mol. The molecule has 1 atom stereocenters. The van der Waals surface area contributed by atoms with E-state index in [0.717, 1.165) is 0 Å². The Morgan fingerprint density at radius 2 is 2.00 bits per heavy atom. The zero-order chi connectivity index (χ0) is 18.2. The maximum Gasteiger partial charge on any atom is 0.267 e. The van der Waals surface area contributed by atoms with Gasteiger partial charge in [-0.25, -0.2) is 0 Å². The molecule has 6 nitrogen and oxygen atoms in total. The van der Waals surface area contributed by atoms with E-state index in [-0.39, 0.29) is 5.91 Å². The fraction of sp³-hybridized carbons (Fsp3) is 0.222. The normalized spacial score (nSPS) is 11.8. The van der Waals surface area contributed by atoms with E-state index in [1.807, 2.05) is 0 Å². The summed E-state index contributed by atoms with van der Waals surface area (Å²) in [5.74, 6) is 0.940. The molecule has 0 spiro atoms. The van der Waals surface area contributed by atoms with Crippen LogP contribution in [0.25, 0.3) is 0 Å². The molecule has 0 aliphatic carbocycles. The maximum atomic E-state index is 12.1. The fourth-order valence-corrected chi connectivity index (χ4v) is 2.17. The molecule has 25 heavy (non-hydrogen) atoms. The predicted octanol–water partition coefficient (Wildman–Crippen LogP) is 3.73. The number of nitrogens with zero attached hydrogens (tertiary/aromatic N) is 1.